The lowest BCUT2D eigenvalue weighted by Gasteiger charge is -2.17. The number of halogens is 1. The predicted molar refractivity (Wildman–Crippen MR) is 104 cm³/mol. The summed E-state index contributed by atoms with van der Waals surface area (Å²) in [5.74, 6) is 0.579. The quantitative estimate of drug-likeness (QED) is 0.637. The molecule has 0 saturated heterocycles. The van der Waals surface area contributed by atoms with Crippen molar-refractivity contribution in [2.45, 2.75) is 26.4 Å². The van der Waals surface area contributed by atoms with Crippen LogP contribution in [0.4, 0.5) is 16.3 Å². The number of hydrogen-bond acceptors (Lipinski definition) is 6. The molecule has 2 rings (SSSR count). The summed E-state index contributed by atoms with van der Waals surface area (Å²) in [6.07, 6.45) is 2.41. The van der Waals surface area contributed by atoms with Gasteiger partial charge in [0.15, 0.2) is 0 Å². The molecule has 1 aromatic heterocycles. The van der Waals surface area contributed by atoms with Crippen LogP contribution < -0.4 is 5.32 Å². The molecule has 136 valence electrons. The summed E-state index contributed by atoms with van der Waals surface area (Å²) >= 11 is 5.77. The molecule has 0 unspecified atom stereocenters. The van der Waals surface area contributed by atoms with Gasteiger partial charge in [-0.05, 0) is 50.6 Å². The van der Waals surface area contributed by atoms with Crippen LogP contribution in [0.15, 0.2) is 46.5 Å². The molecule has 8 heteroatoms. The lowest BCUT2D eigenvalue weighted by molar-refractivity contribution is 0.0605. The molecule has 1 heterocycles. The molecule has 0 aliphatic rings. The van der Waals surface area contributed by atoms with E-state index in [0.29, 0.717) is 11.5 Å². The van der Waals surface area contributed by atoms with Crippen LogP contribution in [0.2, 0.25) is 5.28 Å². The summed E-state index contributed by atoms with van der Waals surface area (Å²) < 4.78 is 5.22. The average Bonchev–Trinajstić information content (AvgIpc) is 2.53. The maximum atomic E-state index is 11.9. The zero-order chi connectivity index (χ0) is 19.2. The van der Waals surface area contributed by atoms with Crippen LogP contribution >= 0.6 is 11.6 Å². The highest BCUT2D eigenvalue weighted by atomic mass is 35.5. The summed E-state index contributed by atoms with van der Waals surface area (Å²) in [6.45, 7) is 5.36. The van der Waals surface area contributed by atoms with Crippen LogP contribution in [-0.4, -0.2) is 40.6 Å². The highest BCUT2D eigenvalue weighted by molar-refractivity contribution is 6.39. The molecule has 1 N–H and O–H groups in total. The first kappa shape index (κ1) is 19.5. The van der Waals surface area contributed by atoms with Crippen molar-refractivity contribution in [3.8, 4) is 0 Å². The fourth-order valence-electron chi connectivity index (χ4n) is 1.95. The van der Waals surface area contributed by atoms with E-state index in [-0.39, 0.29) is 5.28 Å². The Bertz CT molecular complexity index is 826. The Kier molecular flexibility index (Phi) is 6.41. The maximum Gasteiger partial charge on any atom is 0.434 e. The summed E-state index contributed by atoms with van der Waals surface area (Å²) in [7, 11) is 1.61. The van der Waals surface area contributed by atoms with Crippen LogP contribution in [-0.2, 0) is 4.74 Å². The molecule has 7 nitrogen and oxygen atoms in total. The average molecular weight is 374 g/mol. The van der Waals surface area contributed by atoms with E-state index in [0.717, 1.165) is 11.3 Å². The van der Waals surface area contributed by atoms with Crippen LogP contribution in [0.1, 0.15) is 26.3 Å². The summed E-state index contributed by atoms with van der Waals surface area (Å²) in [5, 5.41) is 3.28. The molecule has 26 heavy (non-hydrogen) atoms. The van der Waals surface area contributed by atoms with Crippen molar-refractivity contribution in [2.75, 3.05) is 12.4 Å². The fraction of sp³-hybridized carbons (Fsp3) is 0.278. The van der Waals surface area contributed by atoms with Gasteiger partial charge in [0.1, 0.15) is 11.4 Å². The normalized spacial score (nSPS) is 12.3. The number of nitrogens with zero attached hydrogens (tertiary/aromatic N) is 4. The van der Waals surface area contributed by atoms with E-state index in [1.807, 2.05) is 24.3 Å². The number of aromatic nitrogens is 2. The molecular weight excluding hydrogens is 354 g/mol. The second kappa shape index (κ2) is 8.53. The molecule has 0 aliphatic carbocycles. The third kappa shape index (κ3) is 6.25. The second-order valence-corrected chi connectivity index (χ2v) is 6.62. The van der Waals surface area contributed by atoms with E-state index in [1.165, 1.54) is 6.21 Å². The van der Waals surface area contributed by atoms with Gasteiger partial charge < -0.3 is 10.1 Å². The number of hydrogen-bond donors (Lipinski definition) is 1. The SMILES string of the molecule is CN=CC(=NC(=O)OC(C)(C)C)c1ccc(Nc2ccnc(Cl)n2)cc1. The monoisotopic (exact) mass is 373 g/mol. The van der Waals surface area contributed by atoms with Gasteiger partial charge in [0, 0.05) is 30.7 Å². The van der Waals surface area contributed by atoms with E-state index in [1.54, 1.807) is 40.1 Å². The van der Waals surface area contributed by atoms with Crippen LogP contribution in [0.25, 0.3) is 0 Å². The standard InChI is InChI=1S/C18H20ClN5O2/c1-18(2,3)26-17(25)23-14(11-20-4)12-5-7-13(8-6-12)22-15-9-10-21-16(19)24-15/h5-11H,1-4H3,(H,21,22,24). The van der Waals surface area contributed by atoms with Crippen molar-refractivity contribution in [2.24, 2.45) is 9.98 Å². The number of nitrogens with one attached hydrogen (secondary N) is 1. The molecule has 0 atom stereocenters. The largest absolute Gasteiger partial charge is 0.442 e. The number of carbonyl (C=O) groups is 1. The van der Waals surface area contributed by atoms with Gasteiger partial charge in [0.05, 0.1) is 5.71 Å². The maximum absolute atomic E-state index is 11.9. The molecule has 0 fully saturated rings. The van der Waals surface area contributed by atoms with Gasteiger partial charge >= 0.3 is 6.09 Å². The van der Waals surface area contributed by atoms with Crippen molar-refractivity contribution < 1.29 is 9.53 Å². The lowest BCUT2D eigenvalue weighted by Crippen LogP contribution is -2.23. The topological polar surface area (TPSA) is 88.8 Å². The van der Waals surface area contributed by atoms with E-state index in [2.05, 4.69) is 25.3 Å². The van der Waals surface area contributed by atoms with Crippen molar-refractivity contribution in [3.63, 3.8) is 0 Å². The minimum absolute atomic E-state index is 0.164. The van der Waals surface area contributed by atoms with E-state index in [9.17, 15) is 4.79 Å². The van der Waals surface area contributed by atoms with E-state index >= 15 is 0 Å². The van der Waals surface area contributed by atoms with Gasteiger partial charge in [0.2, 0.25) is 5.28 Å². The van der Waals surface area contributed by atoms with Crippen molar-refractivity contribution in [1.82, 2.24) is 9.97 Å². The van der Waals surface area contributed by atoms with Gasteiger partial charge in [-0.3, -0.25) is 4.99 Å². The zero-order valence-corrected chi connectivity index (χ0v) is 15.8. The van der Waals surface area contributed by atoms with Gasteiger partial charge in [-0.2, -0.15) is 4.99 Å². The fourth-order valence-corrected chi connectivity index (χ4v) is 2.10. The van der Waals surface area contributed by atoms with Gasteiger partial charge in [-0.15, -0.1) is 0 Å². The Morgan fingerprint density at radius 3 is 2.50 bits per heavy atom. The number of aliphatic imine (C=N–C) groups is 2. The minimum atomic E-state index is -0.662. The van der Waals surface area contributed by atoms with Gasteiger partial charge in [-0.25, -0.2) is 14.8 Å². The number of ether oxygens (including phenoxy) is 1. The highest BCUT2D eigenvalue weighted by Gasteiger charge is 2.16. The Hall–Kier alpha value is -2.80. The molecule has 0 aliphatic heterocycles. The number of amides is 1. The van der Waals surface area contributed by atoms with E-state index < -0.39 is 11.7 Å². The first-order valence-corrected chi connectivity index (χ1v) is 8.24. The molecule has 0 spiro atoms. The van der Waals surface area contributed by atoms with Crippen LogP contribution in [0.5, 0.6) is 0 Å². The number of benzene rings is 1. The third-order valence-corrected chi connectivity index (χ3v) is 3.12. The lowest BCUT2D eigenvalue weighted by atomic mass is 10.1. The molecule has 1 amide bonds. The zero-order valence-electron chi connectivity index (χ0n) is 15.0. The van der Waals surface area contributed by atoms with Crippen molar-refractivity contribution in [1.29, 1.82) is 0 Å². The number of anilines is 2. The smallest absolute Gasteiger partial charge is 0.434 e. The molecule has 0 radical (unpaired) electrons. The van der Waals surface area contributed by atoms with Gasteiger partial charge in [-0.1, -0.05) is 12.1 Å². The Morgan fingerprint density at radius 2 is 1.92 bits per heavy atom. The second-order valence-electron chi connectivity index (χ2n) is 6.28. The first-order chi connectivity index (χ1) is 12.3. The summed E-state index contributed by atoms with van der Waals surface area (Å²) in [4.78, 5) is 27.8. The minimum Gasteiger partial charge on any atom is -0.442 e. The molecule has 2 aromatic rings. The van der Waals surface area contributed by atoms with Crippen LogP contribution in [0, 0.1) is 0 Å². The van der Waals surface area contributed by atoms with Gasteiger partial charge in [0.25, 0.3) is 0 Å². The summed E-state index contributed by atoms with van der Waals surface area (Å²) in [6, 6.07) is 9.00. The van der Waals surface area contributed by atoms with E-state index in [4.69, 9.17) is 16.3 Å². The molecule has 0 bridgehead atoms. The molecule has 0 saturated carbocycles. The Morgan fingerprint density at radius 1 is 1.23 bits per heavy atom. The third-order valence-electron chi connectivity index (χ3n) is 2.94. The van der Waals surface area contributed by atoms with Crippen molar-refractivity contribution in [3.05, 3.63) is 47.4 Å². The first-order valence-electron chi connectivity index (χ1n) is 7.87. The number of carbonyl (C=O) groups excluding carboxylic acids is 1. The number of rotatable bonds is 4. The van der Waals surface area contributed by atoms with Crippen LogP contribution in [0.3, 0.4) is 0 Å². The molecular formula is C18H20ClN5O2. The van der Waals surface area contributed by atoms with Crippen molar-refractivity contribution >= 4 is 41.1 Å². The Labute approximate surface area is 157 Å². The highest BCUT2D eigenvalue weighted by Crippen LogP contribution is 2.17. The predicted octanol–water partition coefficient (Wildman–Crippen LogP) is 4.30. The Balaban J connectivity index is 2.18. The molecule has 1 aromatic carbocycles. The summed E-state index contributed by atoms with van der Waals surface area (Å²) in [5.41, 5.74) is 1.33.